The third-order valence-corrected chi connectivity index (χ3v) is 4.39. The zero-order valence-electron chi connectivity index (χ0n) is 12.3. The van der Waals surface area contributed by atoms with Crippen LogP contribution in [0.1, 0.15) is 28.7 Å². The molecule has 3 rings (SSSR count). The van der Waals surface area contributed by atoms with Gasteiger partial charge in [0.1, 0.15) is 11.6 Å². The lowest BCUT2D eigenvalue weighted by Gasteiger charge is -2.35. The molecule has 0 spiro atoms. The quantitative estimate of drug-likeness (QED) is 0.915. The van der Waals surface area contributed by atoms with Gasteiger partial charge in [-0.2, -0.15) is 0 Å². The van der Waals surface area contributed by atoms with Crippen molar-refractivity contribution in [1.82, 2.24) is 0 Å². The Morgan fingerprint density at radius 2 is 1.95 bits per heavy atom. The monoisotopic (exact) mass is 286 g/mol. The second-order valence-corrected chi connectivity index (χ2v) is 5.80. The Morgan fingerprint density at radius 3 is 2.67 bits per heavy atom. The molecule has 0 saturated carbocycles. The molecule has 1 aliphatic rings. The molecule has 0 bridgehead atoms. The Morgan fingerprint density at radius 1 is 1.14 bits per heavy atom. The second kappa shape index (κ2) is 5.15. The van der Waals surface area contributed by atoms with Crippen molar-refractivity contribution >= 4 is 0 Å². The minimum absolute atomic E-state index is 0.266. The first kappa shape index (κ1) is 14.1. The van der Waals surface area contributed by atoms with Crippen LogP contribution >= 0.6 is 0 Å². The number of ether oxygens (including phenoxy) is 1. The predicted molar refractivity (Wildman–Crippen MR) is 80.1 cm³/mol. The molecule has 0 fully saturated rings. The van der Waals surface area contributed by atoms with Gasteiger partial charge in [-0.3, -0.25) is 0 Å². The third kappa shape index (κ3) is 2.54. The standard InChI is InChI=1S/C18H19FO2/c1-12-9-15(19)4-6-17(12)18(20)8-7-13-3-5-16(21-2)10-14(13)11-18/h3-6,9-10,20H,7-8,11H2,1-2H3. The fraction of sp³-hybridized carbons (Fsp3) is 0.333. The van der Waals surface area contributed by atoms with Gasteiger partial charge in [0, 0.05) is 6.42 Å². The smallest absolute Gasteiger partial charge is 0.123 e. The van der Waals surface area contributed by atoms with Gasteiger partial charge >= 0.3 is 0 Å². The van der Waals surface area contributed by atoms with Crippen LogP contribution in [0.15, 0.2) is 36.4 Å². The summed E-state index contributed by atoms with van der Waals surface area (Å²) in [6, 6.07) is 10.6. The molecule has 0 aromatic heterocycles. The molecule has 1 unspecified atom stereocenters. The summed E-state index contributed by atoms with van der Waals surface area (Å²) in [5.41, 5.74) is 3.03. The SMILES string of the molecule is COc1ccc2c(c1)CC(O)(c1ccc(F)cc1C)CC2. The number of halogens is 1. The highest BCUT2D eigenvalue weighted by atomic mass is 19.1. The number of aliphatic hydroxyl groups is 1. The van der Waals surface area contributed by atoms with E-state index < -0.39 is 5.60 Å². The average Bonchev–Trinajstić information content (AvgIpc) is 2.46. The summed E-state index contributed by atoms with van der Waals surface area (Å²) in [6.07, 6.45) is 2.00. The number of methoxy groups -OCH3 is 1. The highest BCUT2D eigenvalue weighted by molar-refractivity contribution is 5.42. The highest BCUT2D eigenvalue weighted by Crippen LogP contribution is 2.39. The van der Waals surface area contributed by atoms with Crippen LogP contribution in [0.25, 0.3) is 0 Å². The fourth-order valence-electron chi connectivity index (χ4n) is 3.26. The molecule has 0 saturated heterocycles. The number of fused-ring (bicyclic) bond motifs is 1. The largest absolute Gasteiger partial charge is 0.497 e. The van der Waals surface area contributed by atoms with Gasteiger partial charge in [-0.05, 0) is 66.3 Å². The number of benzene rings is 2. The number of aryl methyl sites for hydroxylation is 2. The summed E-state index contributed by atoms with van der Waals surface area (Å²) in [6.45, 7) is 1.84. The van der Waals surface area contributed by atoms with E-state index in [2.05, 4.69) is 6.07 Å². The van der Waals surface area contributed by atoms with Crippen molar-refractivity contribution in [3.8, 4) is 5.75 Å². The van der Waals surface area contributed by atoms with E-state index in [0.717, 1.165) is 28.9 Å². The van der Waals surface area contributed by atoms with Crippen LogP contribution in [0, 0.1) is 12.7 Å². The van der Waals surface area contributed by atoms with E-state index in [4.69, 9.17) is 4.74 Å². The average molecular weight is 286 g/mol. The normalized spacial score (nSPS) is 21.0. The minimum atomic E-state index is -0.933. The molecule has 110 valence electrons. The molecule has 21 heavy (non-hydrogen) atoms. The van der Waals surface area contributed by atoms with Crippen molar-refractivity contribution in [3.63, 3.8) is 0 Å². The van der Waals surface area contributed by atoms with Crippen LogP contribution in [0.5, 0.6) is 5.75 Å². The van der Waals surface area contributed by atoms with Crippen LogP contribution < -0.4 is 4.74 Å². The zero-order valence-corrected chi connectivity index (χ0v) is 12.3. The van der Waals surface area contributed by atoms with E-state index in [1.54, 1.807) is 13.2 Å². The van der Waals surface area contributed by atoms with E-state index in [-0.39, 0.29) is 5.82 Å². The molecule has 1 N–H and O–H groups in total. The van der Waals surface area contributed by atoms with Gasteiger partial charge in [0.05, 0.1) is 12.7 Å². The van der Waals surface area contributed by atoms with Crippen LogP contribution in [0.2, 0.25) is 0 Å². The lowest BCUT2D eigenvalue weighted by atomic mass is 9.75. The number of hydrogen-bond acceptors (Lipinski definition) is 2. The third-order valence-electron chi connectivity index (χ3n) is 4.39. The molecule has 0 amide bonds. The van der Waals surface area contributed by atoms with Crippen molar-refractivity contribution in [2.45, 2.75) is 31.8 Å². The van der Waals surface area contributed by atoms with Crippen LogP contribution in [-0.2, 0) is 18.4 Å². The maximum Gasteiger partial charge on any atom is 0.123 e. The first-order valence-corrected chi connectivity index (χ1v) is 7.17. The number of hydrogen-bond donors (Lipinski definition) is 1. The molecule has 0 radical (unpaired) electrons. The molecule has 2 aromatic rings. The maximum atomic E-state index is 13.3. The van der Waals surface area contributed by atoms with Gasteiger partial charge in [0.25, 0.3) is 0 Å². The van der Waals surface area contributed by atoms with E-state index in [0.29, 0.717) is 12.8 Å². The van der Waals surface area contributed by atoms with Crippen molar-refractivity contribution in [2.24, 2.45) is 0 Å². The van der Waals surface area contributed by atoms with Gasteiger partial charge in [0.2, 0.25) is 0 Å². The maximum absolute atomic E-state index is 13.3. The van der Waals surface area contributed by atoms with Crippen molar-refractivity contribution in [2.75, 3.05) is 7.11 Å². The van der Waals surface area contributed by atoms with Crippen LogP contribution in [-0.4, -0.2) is 12.2 Å². The Balaban J connectivity index is 2.00. The summed E-state index contributed by atoms with van der Waals surface area (Å²) in [5.74, 6) is 0.534. The predicted octanol–water partition coefficient (Wildman–Crippen LogP) is 3.52. The lowest BCUT2D eigenvalue weighted by Crippen LogP contribution is -2.34. The molecule has 2 nitrogen and oxygen atoms in total. The van der Waals surface area contributed by atoms with E-state index >= 15 is 0 Å². The first-order chi connectivity index (χ1) is 10.0. The van der Waals surface area contributed by atoms with Crippen molar-refractivity contribution in [1.29, 1.82) is 0 Å². The summed E-state index contributed by atoms with van der Waals surface area (Å²) in [4.78, 5) is 0. The Hall–Kier alpha value is -1.87. The summed E-state index contributed by atoms with van der Waals surface area (Å²) >= 11 is 0. The molecule has 0 heterocycles. The molecule has 2 aromatic carbocycles. The molecular formula is C18H19FO2. The Kier molecular flexibility index (Phi) is 3.46. The summed E-state index contributed by atoms with van der Waals surface area (Å²) in [7, 11) is 1.64. The van der Waals surface area contributed by atoms with Crippen LogP contribution in [0.4, 0.5) is 4.39 Å². The van der Waals surface area contributed by atoms with Crippen molar-refractivity contribution in [3.05, 3.63) is 64.5 Å². The fourth-order valence-corrected chi connectivity index (χ4v) is 3.26. The summed E-state index contributed by atoms with van der Waals surface area (Å²) < 4.78 is 18.5. The number of rotatable bonds is 2. The van der Waals surface area contributed by atoms with Crippen molar-refractivity contribution < 1.29 is 14.2 Å². The highest BCUT2D eigenvalue weighted by Gasteiger charge is 2.35. The van der Waals surface area contributed by atoms with Gasteiger partial charge in [-0.1, -0.05) is 12.1 Å². The van der Waals surface area contributed by atoms with E-state index in [1.807, 2.05) is 19.1 Å². The molecule has 0 aliphatic heterocycles. The van der Waals surface area contributed by atoms with E-state index in [9.17, 15) is 9.50 Å². The van der Waals surface area contributed by atoms with Gasteiger partial charge < -0.3 is 9.84 Å². The Labute approximate surface area is 124 Å². The molecular weight excluding hydrogens is 267 g/mol. The van der Waals surface area contributed by atoms with E-state index in [1.165, 1.54) is 17.7 Å². The van der Waals surface area contributed by atoms with Crippen LogP contribution in [0.3, 0.4) is 0 Å². The lowest BCUT2D eigenvalue weighted by molar-refractivity contribution is 0.0215. The van der Waals surface area contributed by atoms with Gasteiger partial charge in [-0.25, -0.2) is 4.39 Å². The minimum Gasteiger partial charge on any atom is -0.497 e. The topological polar surface area (TPSA) is 29.5 Å². The molecule has 3 heteroatoms. The Bertz CT molecular complexity index is 681. The van der Waals surface area contributed by atoms with Gasteiger partial charge in [0.15, 0.2) is 0 Å². The molecule has 1 aliphatic carbocycles. The van der Waals surface area contributed by atoms with Gasteiger partial charge in [-0.15, -0.1) is 0 Å². The zero-order chi connectivity index (χ0) is 15.0. The molecule has 1 atom stereocenters. The first-order valence-electron chi connectivity index (χ1n) is 7.17. The summed E-state index contributed by atoms with van der Waals surface area (Å²) in [5, 5.41) is 11.1. The second-order valence-electron chi connectivity index (χ2n) is 5.80.